The largest absolute Gasteiger partial charge is 0.480 e. The van der Waals surface area contributed by atoms with Gasteiger partial charge in [-0.15, -0.1) is 0 Å². The molecule has 2 amide bonds. The molecule has 2 fully saturated rings. The molecule has 3 aromatic rings. The molecule has 2 aromatic heterocycles. The number of carbonyl (C=O) groups excluding carboxylic acids is 2. The Balaban J connectivity index is 1.30. The Bertz CT molecular complexity index is 1750. The van der Waals surface area contributed by atoms with Crippen LogP contribution in [-0.4, -0.2) is 68.7 Å². The first-order valence-corrected chi connectivity index (χ1v) is 13.8. The lowest BCUT2D eigenvalue weighted by molar-refractivity contribution is -0.143. The van der Waals surface area contributed by atoms with Gasteiger partial charge in [0.25, 0.3) is 0 Å². The number of hydrogen-bond acceptors (Lipinski definition) is 7. The molecule has 4 atom stereocenters. The SMILES string of the molecule is CC(C)[C@H](NC(=O)CCC(=O)N[C@H]1[C@@H]2CN(c3nc4c(cc3F)c(=O)c(C(=O)O)cn4-c3ccc(F)cc3F)C[C@@H]21)C(=O)O. The normalized spacial score (nSPS) is 19.5. The number of aromatic nitrogens is 2. The van der Waals surface area contributed by atoms with Gasteiger partial charge in [0.1, 0.15) is 23.2 Å². The van der Waals surface area contributed by atoms with Gasteiger partial charge in [0.05, 0.1) is 11.1 Å². The van der Waals surface area contributed by atoms with E-state index in [1.54, 1.807) is 18.7 Å². The topological polar surface area (TPSA) is 171 Å². The van der Waals surface area contributed by atoms with Gasteiger partial charge in [-0.1, -0.05) is 13.8 Å². The zero-order chi connectivity index (χ0) is 32.0. The van der Waals surface area contributed by atoms with Crippen molar-refractivity contribution in [1.82, 2.24) is 20.2 Å². The number of aromatic carboxylic acids is 1. The summed E-state index contributed by atoms with van der Waals surface area (Å²) in [5.74, 6) is -7.20. The van der Waals surface area contributed by atoms with E-state index in [4.69, 9.17) is 0 Å². The predicted molar refractivity (Wildman–Crippen MR) is 149 cm³/mol. The van der Waals surface area contributed by atoms with Crippen molar-refractivity contribution in [3.63, 3.8) is 0 Å². The van der Waals surface area contributed by atoms with Gasteiger partial charge in [-0.25, -0.2) is 27.7 Å². The van der Waals surface area contributed by atoms with Crippen LogP contribution in [0.5, 0.6) is 0 Å². The summed E-state index contributed by atoms with van der Waals surface area (Å²) in [6.07, 6.45) is 0.519. The maximum absolute atomic E-state index is 15.3. The summed E-state index contributed by atoms with van der Waals surface area (Å²) in [6, 6.07) is 2.12. The summed E-state index contributed by atoms with van der Waals surface area (Å²) in [5.41, 5.74) is -2.30. The summed E-state index contributed by atoms with van der Waals surface area (Å²) in [6.45, 7) is 3.87. The number of fused-ring (bicyclic) bond motifs is 2. The molecule has 2 aliphatic rings. The molecule has 0 spiro atoms. The standard InChI is InChI=1S/C29H28F3N5O7/c1-12(2)23(29(43)44)33-21(38)5-6-22(39)34-24-15-9-36(10-16(15)24)27-19(32)8-14-25(40)17(28(41)42)11-37(26(14)35-27)20-4-3-13(30)7-18(20)31/h3-4,7-8,11-12,15-16,23-24H,5-6,9-10H2,1-2H3,(H,33,38)(H,34,39)(H,41,42)(H,43,44)/t15-,16+,23-,24+/m0/s1. The molecule has 3 heterocycles. The van der Waals surface area contributed by atoms with E-state index < -0.39 is 63.6 Å². The average molecular weight is 616 g/mol. The molecule has 12 nitrogen and oxygen atoms in total. The molecule has 1 saturated heterocycles. The molecular formula is C29H28F3N5O7. The minimum absolute atomic E-state index is 0.0619. The van der Waals surface area contributed by atoms with Crippen LogP contribution >= 0.6 is 0 Å². The van der Waals surface area contributed by atoms with E-state index in [2.05, 4.69) is 15.6 Å². The Morgan fingerprint density at radius 1 is 1.00 bits per heavy atom. The molecule has 15 heteroatoms. The number of halogens is 3. The zero-order valence-corrected chi connectivity index (χ0v) is 23.5. The Hall–Kier alpha value is -4.95. The van der Waals surface area contributed by atoms with Crippen molar-refractivity contribution < 1.29 is 42.6 Å². The number of carboxylic acid groups (broad SMARTS) is 2. The van der Waals surface area contributed by atoms with Gasteiger partial charge in [-0.3, -0.25) is 19.0 Å². The Labute approximate surface area is 247 Å². The van der Waals surface area contributed by atoms with Crippen LogP contribution in [0.4, 0.5) is 19.0 Å². The highest BCUT2D eigenvalue weighted by Crippen LogP contribution is 2.47. The van der Waals surface area contributed by atoms with Gasteiger partial charge < -0.3 is 25.7 Å². The van der Waals surface area contributed by atoms with Crippen molar-refractivity contribution in [2.45, 2.75) is 38.8 Å². The van der Waals surface area contributed by atoms with Crippen LogP contribution in [0.15, 0.2) is 35.3 Å². The third kappa shape index (κ3) is 5.81. The quantitative estimate of drug-likeness (QED) is 0.267. The molecule has 1 aliphatic carbocycles. The number of carbonyl (C=O) groups is 4. The second kappa shape index (κ2) is 11.6. The lowest BCUT2D eigenvalue weighted by Crippen LogP contribution is -2.44. The Morgan fingerprint density at radius 3 is 2.25 bits per heavy atom. The van der Waals surface area contributed by atoms with Crippen molar-refractivity contribution >= 4 is 40.6 Å². The molecule has 1 saturated carbocycles. The van der Waals surface area contributed by atoms with Gasteiger partial charge >= 0.3 is 11.9 Å². The van der Waals surface area contributed by atoms with E-state index in [1.165, 1.54) is 0 Å². The van der Waals surface area contributed by atoms with E-state index in [0.29, 0.717) is 6.07 Å². The molecule has 5 rings (SSSR count). The molecule has 4 N–H and O–H groups in total. The summed E-state index contributed by atoms with van der Waals surface area (Å²) in [5, 5.41) is 23.5. The van der Waals surface area contributed by atoms with Crippen LogP contribution in [0, 0.1) is 35.2 Å². The minimum atomic E-state index is -1.62. The van der Waals surface area contributed by atoms with Crippen LogP contribution in [-0.2, 0) is 14.4 Å². The molecule has 1 aromatic carbocycles. The molecule has 232 valence electrons. The van der Waals surface area contributed by atoms with E-state index in [-0.39, 0.29) is 66.9 Å². The number of hydrogen-bond donors (Lipinski definition) is 4. The molecule has 0 unspecified atom stereocenters. The smallest absolute Gasteiger partial charge is 0.341 e. The molecule has 1 aliphatic heterocycles. The van der Waals surface area contributed by atoms with Gasteiger partial charge in [0.2, 0.25) is 17.2 Å². The van der Waals surface area contributed by atoms with E-state index in [1.807, 2.05) is 0 Å². The van der Waals surface area contributed by atoms with E-state index in [0.717, 1.165) is 29.0 Å². The number of carboxylic acids is 2. The summed E-state index contributed by atoms with van der Waals surface area (Å²) >= 11 is 0. The van der Waals surface area contributed by atoms with Crippen molar-refractivity contribution in [3.05, 3.63) is 63.7 Å². The maximum Gasteiger partial charge on any atom is 0.341 e. The number of anilines is 1. The number of nitrogens with zero attached hydrogens (tertiary/aromatic N) is 3. The number of pyridine rings is 2. The summed E-state index contributed by atoms with van der Waals surface area (Å²) in [4.78, 5) is 66.2. The Kier molecular flexibility index (Phi) is 8.05. The monoisotopic (exact) mass is 615 g/mol. The van der Waals surface area contributed by atoms with Crippen molar-refractivity contribution in [3.8, 4) is 5.69 Å². The number of benzene rings is 1. The number of piperidine rings is 1. The number of aliphatic carboxylic acids is 1. The minimum Gasteiger partial charge on any atom is -0.480 e. The molecule has 0 bridgehead atoms. The fourth-order valence-corrected chi connectivity index (χ4v) is 5.61. The highest BCUT2D eigenvalue weighted by atomic mass is 19.1. The third-order valence-corrected chi connectivity index (χ3v) is 7.96. The fourth-order valence-electron chi connectivity index (χ4n) is 5.61. The second-order valence-electron chi connectivity index (χ2n) is 11.3. The maximum atomic E-state index is 15.3. The zero-order valence-electron chi connectivity index (χ0n) is 23.5. The molecule has 0 radical (unpaired) electrons. The molecular weight excluding hydrogens is 587 g/mol. The summed E-state index contributed by atoms with van der Waals surface area (Å²) in [7, 11) is 0. The van der Waals surface area contributed by atoms with Gasteiger partial charge in [-0.05, 0) is 24.1 Å². The lowest BCUT2D eigenvalue weighted by atomic mass is 10.0. The number of amides is 2. The van der Waals surface area contributed by atoms with Gasteiger partial charge in [0.15, 0.2) is 17.3 Å². The fraction of sp³-hybridized carbons (Fsp3) is 0.379. The van der Waals surface area contributed by atoms with Crippen molar-refractivity contribution in [2.24, 2.45) is 17.8 Å². The Morgan fingerprint density at radius 2 is 1.66 bits per heavy atom. The van der Waals surface area contributed by atoms with E-state index >= 15 is 4.39 Å². The predicted octanol–water partition coefficient (Wildman–Crippen LogP) is 2.06. The van der Waals surface area contributed by atoms with Gasteiger partial charge in [0, 0.05) is 56.1 Å². The van der Waals surface area contributed by atoms with Crippen LogP contribution < -0.4 is 21.0 Å². The average Bonchev–Trinajstić information content (AvgIpc) is 3.36. The van der Waals surface area contributed by atoms with E-state index in [9.17, 15) is 43.0 Å². The van der Waals surface area contributed by atoms with Crippen LogP contribution in [0.3, 0.4) is 0 Å². The van der Waals surface area contributed by atoms with Crippen LogP contribution in [0.2, 0.25) is 0 Å². The summed E-state index contributed by atoms with van der Waals surface area (Å²) < 4.78 is 44.6. The van der Waals surface area contributed by atoms with Crippen molar-refractivity contribution in [1.29, 1.82) is 0 Å². The molecule has 44 heavy (non-hydrogen) atoms. The third-order valence-electron chi connectivity index (χ3n) is 7.96. The highest BCUT2D eigenvalue weighted by molar-refractivity contribution is 5.93. The second-order valence-corrected chi connectivity index (χ2v) is 11.3. The van der Waals surface area contributed by atoms with Crippen LogP contribution in [0.25, 0.3) is 16.7 Å². The first-order chi connectivity index (χ1) is 20.8. The van der Waals surface area contributed by atoms with Crippen molar-refractivity contribution in [2.75, 3.05) is 18.0 Å². The first kappa shape index (κ1) is 30.5. The first-order valence-electron chi connectivity index (χ1n) is 13.8. The highest BCUT2D eigenvalue weighted by Gasteiger charge is 2.57. The number of nitrogens with one attached hydrogen (secondary N) is 2. The lowest BCUT2D eigenvalue weighted by Gasteiger charge is -2.23. The number of rotatable bonds is 10. The van der Waals surface area contributed by atoms with Crippen LogP contribution in [0.1, 0.15) is 37.0 Å². The van der Waals surface area contributed by atoms with Gasteiger partial charge in [-0.2, -0.15) is 0 Å².